The topological polar surface area (TPSA) is 3.24 Å². The number of likely N-dealkylation sites (tertiary alicyclic amines) is 1. The van der Waals surface area contributed by atoms with Crippen LogP contribution in [0.25, 0.3) is 0 Å². The predicted molar refractivity (Wildman–Crippen MR) is 95.1 cm³/mol. The standard InChI is InChI=1S/C22H25N/c1-21(2,3)23-13-20-16-9-5-4-8-15(16)18-12-22(20,14-23)19-11-7-6-10-17(18)19/h4-11,18,20H,12-14H2,1-3H3. The third-order valence-electron chi connectivity index (χ3n) is 6.68. The van der Waals surface area contributed by atoms with E-state index in [0.717, 1.165) is 0 Å². The van der Waals surface area contributed by atoms with E-state index in [1.165, 1.54) is 19.5 Å². The summed E-state index contributed by atoms with van der Waals surface area (Å²) in [7, 11) is 0. The van der Waals surface area contributed by atoms with Crippen LogP contribution in [0.1, 0.15) is 61.3 Å². The maximum absolute atomic E-state index is 2.72. The van der Waals surface area contributed by atoms with Gasteiger partial charge in [-0.2, -0.15) is 0 Å². The first kappa shape index (κ1) is 13.8. The van der Waals surface area contributed by atoms with E-state index in [9.17, 15) is 0 Å². The van der Waals surface area contributed by atoms with Crippen molar-refractivity contribution in [3.8, 4) is 0 Å². The first-order valence-corrected chi connectivity index (χ1v) is 8.94. The van der Waals surface area contributed by atoms with E-state index in [4.69, 9.17) is 0 Å². The summed E-state index contributed by atoms with van der Waals surface area (Å²) >= 11 is 0. The Morgan fingerprint density at radius 2 is 1.57 bits per heavy atom. The monoisotopic (exact) mass is 303 g/mol. The summed E-state index contributed by atoms with van der Waals surface area (Å²) in [6.45, 7) is 9.51. The molecule has 3 aliphatic rings. The van der Waals surface area contributed by atoms with Gasteiger partial charge in [-0.05, 0) is 49.4 Å². The Morgan fingerprint density at radius 1 is 0.913 bits per heavy atom. The molecular formula is C22H25N. The fourth-order valence-corrected chi connectivity index (χ4v) is 5.56. The average molecular weight is 303 g/mol. The number of benzene rings is 2. The van der Waals surface area contributed by atoms with E-state index in [0.29, 0.717) is 17.3 Å². The van der Waals surface area contributed by atoms with Crippen LogP contribution in [0.4, 0.5) is 0 Å². The quantitative estimate of drug-likeness (QED) is 0.683. The van der Waals surface area contributed by atoms with Gasteiger partial charge in [-0.25, -0.2) is 0 Å². The van der Waals surface area contributed by atoms with Crippen molar-refractivity contribution in [3.63, 3.8) is 0 Å². The summed E-state index contributed by atoms with van der Waals surface area (Å²) in [5.41, 5.74) is 7.02. The van der Waals surface area contributed by atoms with Crippen molar-refractivity contribution in [2.24, 2.45) is 0 Å². The number of hydrogen-bond donors (Lipinski definition) is 0. The second-order valence-electron chi connectivity index (χ2n) is 8.73. The van der Waals surface area contributed by atoms with Crippen LogP contribution >= 0.6 is 0 Å². The zero-order chi connectivity index (χ0) is 15.8. The first-order valence-electron chi connectivity index (χ1n) is 8.94. The van der Waals surface area contributed by atoms with Gasteiger partial charge in [0.25, 0.3) is 0 Å². The summed E-state index contributed by atoms with van der Waals surface area (Å²) in [6.07, 6.45) is 1.31. The molecule has 1 aliphatic heterocycles. The molecule has 0 amide bonds. The van der Waals surface area contributed by atoms with Crippen LogP contribution in [-0.4, -0.2) is 23.5 Å². The maximum atomic E-state index is 2.72. The van der Waals surface area contributed by atoms with Crippen LogP contribution in [0, 0.1) is 0 Å². The van der Waals surface area contributed by atoms with E-state index in [1.54, 1.807) is 22.3 Å². The van der Waals surface area contributed by atoms with Crippen LogP contribution in [0.5, 0.6) is 0 Å². The van der Waals surface area contributed by atoms with Crippen molar-refractivity contribution in [1.82, 2.24) is 4.90 Å². The lowest BCUT2D eigenvalue weighted by Crippen LogP contribution is -2.41. The van der Waals surface area contributed by atoms with Crippen LogP contribution in [0.15, 0.2) is 48.5 Å². The highest BCUT2D eigenvalue weighted by Gasteiger charge is 2.58. The number of rotatable bonds is 0. The molecule has 2 aliphatic carbocycles. The predicted octanol–water partition coefficient (Wildman–Crippen LogP) is 4.67. The van der Waals surface area contributed by atoms with Gasteiger partial charge in [-0.3, -0.25) is 4.90 Å². The molecule has 3 atom stereocenters. The van der Waals surface area contributed by atoms with Gasteiger partial charge in [0.2, 0.25) is 0 Å². The zero-order valence-electron chi connectivity index (χ0n) is 14.3. The summed E-state index contributed by atoms with van der Waals surface area (Å²) in [5.74, 6) is 1.26. The van der Waals surface area contributed by atoms with E-state index >= 15 is 0 Å². The molecule has 1 spiro atoms. The van der Waals surface area contributed by atoms with Crippen LogP contribution in [-0.2, 0) is 5.41 Å². The molecular weight excluding hydrogens is 278 g/mol. The third kappa shape index (κ3) is 1.67. The first-order chi connectivity index (χ1) is 11.0. The minimum atomic E-state index is 0.244. The largest absolute Gasteiger partial charge is 0.297 e. The molecule has 5 rings (SSSR count). The molecule has 0 radical (unpaired) electrons. The molecule has 2 aromatic carbocycles. The molecule has 1 nitrogen and oxygen atoms in total. The Balaban J connectivity index is 1.76. The molecule has 0 saturated carbocycles. The molecule has 1 saturated heterocycles. The van der Waals surface area contributed by atoms with Crippen LogP contribution in [0.2, 0.25) is 0 Å². The third-order valence-corrected chi connectivity index (χ3v) is 6.68. The fourth-order valence-electron chi connectivity index (χ4n) is 5.56. The summed E-state index contributed by atoms with van der Waals surface area (Å²) in [4.78, 5) is 2.72. The summed E-state index contributed by atoms with van der Waals surface area (Å²) < 4.78 is 0. The number of hydrogen-bond acceptors (Lipinski definition) is 1. The van der Waals surface area contributed by atoms with Crippen molar-refractivity contribution >= 4 is 0 Å². The molecule has 0 N–H and O–H groups in total. The Bertz CT molecular complexity index is 774. The Hall–Kier alpha value is -1.60. The van der Waals surface area contributed by atoms with Crippen molar-refractivity contribution in [2.75, 3.05) is 13.1 Å². The van der Waals surface area contributed by atoms with Crippen molar-refractivity contribution in [3.05, 3.63) is 70.8 Å². The number of nitrogens with zero attached hydrogens (tertiary/aromatic N) is 1. The van der Waals surface area contributed by atoms with E-state index < -0.39 is 0 Å². The normalized spacial score (nSPS) is 31.6. The smallest absolute Gasteiger partial charge is 0.0173 e. The van der Waals surface area contributed by atoms with Gasteiger partial charge in [-0.15, -0.1) is 0 Å². The minimum Gasteiger partial charge on any atom is -0.297 e. The van der Waals surface area contributed by atoms with Gasteiger partial charge in [0, 0.05) is 35.9 Å². The van der Waals surface area contributed by atoms with Crippen LogP contribution in [0.3, 0.4) is 0 Å². The van der Waals surface area contributed by atoms with Crippen molar-refractivity contribution in [2.45, 2.75) is 50.0 Å². The zero-order valence-corrected chi connectivity index (χ0v) is 14.3. The highest BCUT2D eigenvalue weighted by Crippen LogP contribution is 2.63. The molecule has 3 unspecified atom stereocenters. The lowest BCUT2D eigenvalue weighted by Gasteiger charge is -2.38. The Morgan fingerprint density at radius 3 is 2.30 bits per heavy atom. The second-order valence-corrected chi connectivity index (χ2v) is 8.73. The van der Waals surface area contributed by atoms with Gasteiger partial charge in [0.1, 0.15) is 0 Å². The molecule has 1 fully saturated rings. The lowest BCUT2D eigenvalue weighted by molar-refractivity contribution is 0.162. The number of fused-ring (bicyclic) bond motifs is 3. The highest BCUT2D eigenvalue weighted by atomic mass is 15.2. The summed E-state index contributed by atoms with van der Waals surface area (Å²) in [6, 6.07) is 18.5. The average Bonchev–Trinajstić information content (AvgIpc) is 3.07. The van der Waals surface area contributed by atoms with Crippen molar-refractivity contribution in [1.29, 1.82) is 0 Å². The summed E-state index contributed by atoms with van der Waals surface area (Å²) in [5, 5.41) is 0. The maximum Gasteiger partial charge on any atom is 0.0173 e. The van der Waals surface area contributed by atoms with Crippen molar-refractivity contribution < 1.29 is 0 Å². The highest BCUT2D eigenvalue weighted by molar-refractivity contribution is 5.58. The molecule has 23 heavy (non-hydrogen) atoms. The van der Waals surface area contributed by atoms with Crippen LogP contribution < -0.4 is 0 Å². The lowest BCUT2D eigenvalue weighted by atomic mass is 9.65. The Kier molecular flexibility index (Phi) is 2.56. The molecule has 2 aromatic rings. The van der Waals surface area contributed by atoms with E-state index in [-0.39, 0.29) is 5.54 Å². The van der Waals surface area contributed by atoms with Gasteiger partial charge in [-0.1, -0.05) is 48.5 Å². The van der Waals surface area contributed by atoms with Gasteiger partial charge in [0.15, 0.2) is 0 Å². The van der Waals surface area contributed by atoms with Gasteiger partial charge in [0.05, 0.1) is 0 Å². The SMILES string of the molecule is CC(C)(C)N1CC2c3ccccc3C3CC2(C1)c1ccccc13. The fraction of sp³-hybridized carbons (Fsp3) is 0.455. The molecule has 118 valence electrons. The minimum absolute atomic E-state index is 0.244. The molecule has 1 heterocycles. The Labute approximate surface area is 139 Å². The van der Waals surface area contributed by atoms with Gasteiger partial charge >= 0.3 is 0 Å². The molecule has 2 bridgehead atoms. The molecule has 1 heteroatoms. The van der Waals surface area contributed by atoms with E-state index in [2.05, 4.69) is 74.2 Å². The second kappa shape index (κ2) is 4.27. The molecule has 0 aromatic heterocycles. The van der Waals surface area contributed by atoms with E-state index in [1.807, 2.05) is 0 Å². The van der Waals surface area contributed by atoms with Gasteiger partial charge < -0.3 is 0 Å².